The smallest absolute Gasteiger partial charge is 0.306 e. The third-order valence-corrected chi connectivity index (χ3v) is 5.97. The summed E-state index contributed by atoms with van der Waals surface area (Å²) in [7, 11) is 1.46. The second-order valence-corrected chi connectivity index (χ2v) is 7.63. The van der Waals surface area contributed by atoms with Crippen LogP contribution in [0.1, 0.15) is 23.5 Å². The largest absolute Gasteiger partial charge is 0.469 e. The van der Waals surface area contributed by atoms with Gasteiger partial charge in [0.2, 0.25) is 0 Å². The lowest BCUT2D eigenvalue weighted by molar-refractivity contribution is -0.140. The maximum Gasteiger partial charge on any atom is 0.306 e. The fraction of sp³-hybridized carbons (Fsp3) is 0.107. The van der Waals surface area contributed by atoms with Crippen LogP contribution in [0.5, 0.6) is 0 Å². The second-order valence-electron chi connectivity index (χ2n) is 7.63. The Morgan fingerprint density at radius 2 is 1.23 bits per heavy atom. The standard InChI is InChI=1S/C28H22O2/c1-30-27(29)18-26(24-14-6-10-19-8-2-4-12-22(19)24)25-15-7-11-21-17-16-20-9-3-5-13-23(20)28(21)25/h2-17,26H,18H2,1H3. The number of esters is 1. The number of methoxy groups -OCH3 is 1. The molecule has 0 aliphatic rings. The highest BCUT2D eigenvalue weighted by molar-refractivity contribution is 6.09. The zero-order chi connectivity index (χ0) is 20.5. The summed E-state index contributed by atoms with van der Waals surface area (Å²) in [5, 5.41) is 7.15. The van der Waals surface area contributed by atoms with E-state index >= 15 is 0 Å². The van der Waals surface area contributed by atoms with Gasteiger partial charge < -0.3 is 4.74 Å². The molecule has 0 saturated heterocycles. The molecule has 0 fully saturated rings. The number of rotatable bonds is 4. The number of hydrogen-bond acceptors (Lipinski definition) is 2. The lowest BCUT2D eigenvalue weighted by Gasteiger charge is -2.22. The average Bonchev–Trinajstić information content (AvgIpc) is 2.81. The minimum absolute atomic E-state index is 0.0990. The number of fused-ring (bicyclic) bond motifs is 4. The van der Waals surface area contributed by atoms with Gasteiger partial charge in [-0.05, 0) is 43.4 Å². The van der Waals surface area contributed by atoms with E-state index in [0.29, 0.717) is 6.42 Å². The van der Waals surface area contributed by atoms with Crippen LogP contribution in [0.15, 0.2) is 97.1 Å². The predicted molar refractivity (Wildman–Crippen MR) is 124 cm³/mol. The van der Waals surface area contributed by atoms with Gasteiger partial charge in [0.1, 0.15) is 0 Å². The quantitative estimate of drug-likeness (QED) is 0.248. The van der Waals surface area contributed by atoms with Crippen LogP contribution >= 0.6 is 0 Å². The SMILES string of the molecule is COC(=O)CC(c1cccc2ccccc12)c1cccc2ccc3ccccc3c12. The Kier molecular flexibility index (Phi) is 4.68. The molecule has 0 aliphatic heterocycles. The molecule has 2 nitrogen and oxygen atoms in total. The molecule has 5 aromatic rings. The van der Waals surface area contributed by atoms with Crippen molar-refractivity contribution in [2.75, 3.05) is 7.11 Å². The van der Waals surface area contributed by atoms with Crippen molar-refractivity contribution in [3.05, 3.63) is 108 Å². The van der Waals surface area contributed by atoms with Crippen molar-refractivity contribution < 1.29 is 9.53 Å². The Labute approximate surface area is 175 Å². The molecular weight excluding hydrogens is 368 g/mol. The molecule has 0 amide bonds. The second kappa shape index (κ2) is 7.64. The van der Waals surface area contributed by atoms with Crippen LogP contribution in [0.3, 0.4) is 0 Å². The third-order valence-electron chi connectivity index (χ3n) is 5.97. The van der Waals surface area contributed by atoms with Crippen LogP contribution < -0.4 is 0 Å². The minimum atomic E-state index is -0.204. The molecule has 0 saturated carbocycles. The molecule has 0 N–H and O–H groups in total. The summed E-state index contributed by atoms with van der Waals surface area (Å²) >= 11 is 0. The highest BCUT2D eigenvalue weighted by atomic mass is 16.5. The summed E-state index contributed by atoms with van der Waals surface area (Å²) in [6.45, 7) is 0. The van der Waals surface area contributed by atoms with Gasteiger partial charge in [0.15, 0.2) is 0 Å². The normalized spacial score (nSPS) is 12.3. The fourth-order valence-electron chi connectivity index (χ4n) is 4.57. The van der Waals surface area contributed by atoms with Gasteiger partial charge in [-0.1, -0.05) is 97.1 Å². The van der Waals surface area contributed by atoms with E-state index in [9.17, 15) is 4.79 Å². The molecule has 5 aromatic carbocycles. The van der Waals surface area contributed by atoms with E-state index in [1.54, 1.807) is 0 Å². The summed E-state index contributed by atoms with van der Waals surface area (Å²) in [5.41, 5.74) is 2.31. The zero-order valence-corrected chi connectivity index (χ0v) is 16.8. The van der Waals surface area contributed by atoms with Gasteiger partial charge in [0, 0.05) is 5.92 Å². The number of ether oxygens (including phenoxy) is 1. The average molecular weight is 390 g/mol. The lowest BCUT2D eigenvalue weighted by Crippen LogP contribution is -2.11. The molecular formula is C28H22O2. The molecule has 2 heteroatoms. The van der Waals surface area contributed by atoms with Crippen molar-refractivity contribution in [1.29, 1.82) is 0 Å². The Morgan fingerprint density at radius 1 is 0.667 bits per heavy atom. The first-order valence-electron chi connectivity index (χ1n) is 10.2. The van der Waals surface area contributed by atoms with E-state index in [-0.39, 0.29) is 11.9 Å². The molecule has 0 aromatic heterocycles. The highest BCUT2D eigenvalue weighted by Crippen LogP contribution is 2.39. The molecule has 0 spiro atoms. The Bertz CT molecular complexity index is 1380. The molecule has 1 unspecified atom stereocenters. The van der Waals surface area contributed by atoms with E-state index in [2.05, 4.69) is 91.0 Å². The summed E-state index contributed by atoms with van der Waals surface area (Å²) in [6.07, 6.45) is 0.298. The molecule has 146 valence electrons. The van der Waals surface area contributed by atoms with Crippen LogP contribution in [-0.2, 0) is 9.53 Å². The maximum absolute atomic E-state index is 12.5. The van der Waals surface area contributed by atoms with Gasteiger partial charge in [-0.15, -0.1) is 0 Å². The summed E-state index contributed by atoms with van der Waals surface area (Å²) in [6, 6.07) is 33.8. The number of benzene rings is 5. The molecule has 0 bridgehead atoms. The summed E-state index contributed by atoms with van der Waals surface area (Å²) in [4.78, 5) is 12.5. The Hall–Kier alpha value is -3.65. The van der Waals surface area contributed by atoms with Crippen LogP contribution in [-0.4, -0.2) is 13.1 Å². The molecule has 30 heavy (non-hydrogen) atoms. The first-order valence-corrected chi connectivity index (χ1v) is 10.2. The van der Waals surface area contributed by atoms with E-state index in [1.165, 1.54) is 39.4 Å². The zero-order valence-electron chi connectivity index (χ0n) is 16.8. The van der Waals surface area contributed by atoms with E-state index in [4.69, 9.17) is 4.74 Å². The third kappa shape index (κ3) is 3.11. The number of hydrogen-bond donors (Lipinski definition) is 0. The first-order chi connectivity index (χ1) is 14.8. The topological polar surface area (TPSA) is 26.3 Å². The first kappa shape index (κ1) is 18.4. The van der Waals surface area contributed by atoms with Gasteiger partial charge in [-0.2, -0.15) is 0 Å². The summed E-state index contributed by atoms with van der Waals surface area (Å²) in [5.74, 6) is -0.303. The monoisotopic (exact) mass is 390 g/mol. The fourth-order valence-corrected chi connectivity index (χ4v) is 4.57. The van der Waals surface area contributed by atoms with E-state index in [0.717, 1.165) is 11.1 Å². The van der Waals surface area contributed by atoms with Crippen LogP contribution in [0, 0.1) is 0 Å². The minimum Gasteiger partial charge on any atom is -0.469 e. The van der Waals surface area contributed by atoms with Crippen molar-refractivity contribution >= 4 is 38.3 Å². The molecule has 1 atom stereocenters. The van der Waals surface area contributed by atoms with E-state index < -0.39 is 0 Å². The predicted octanol–water partition coefficient (Wildman–Crippen LogP) is 6.84. The number of carbonyl (C=O) groups excluding carboxylic acids is 1. The van der Waals surface area contributed by atoms with Gasteiger partial charge >= 0.3 is 5.97 Å². The van der Waals surface area contributed by atoms with Crippen molar-refractivity contribution in [3.8, 4) is 0 Å². The van der Waals surface area contributed by atoms with Crippen LogP contribution in [0.2, 0.25) is 0 Å². The van der Waals surface area contributed by atoms with Crippen molar-refractivity contribution in [2.45, 2.75) is 12.3 Å². The Balaban J connectivity index is 1.84. The summed E-state index contributed by atoms with van der Waals surface area (Å²) < 4.78 is 5.10. The molecule has 0 heterocycles. The lowest BCUT2D eigenvalue weighted by atomic mass is 9.82. The Morgan fingerprint density at radius 3 is 2.00 bits per heavy atom. The van der Waals surface area contributed by atoms with Gasteiger partial charge in [-0.25, -0.2) is 0 Å². The van der Waals surface area contributed by atoms with Crippen LogP contribution in [0.25, 0.3) is 32.3 Å². The number of carbonyl (C=O) groups is 1. The molecule has 5 rings (SSSR count). The van der Waals surface area contributed by atoms with E-state index in [1.807, 2.05) is 6.07 Å². The molecule has 0 radical (unpaired) electrons. The van der Waals surface area contributed by atoms with Crippen molar-refractivity contribution in [2.24, 2.45) is 0 Å². The van der Waals surface area contributed by atoms with Gasteiger partial charge in [-0.3, -0.25) is 4.79 Å². The maximum atomic E-state index is 12.5. The van der Waals surface area contributed by atoms with Crippen molar-refractivity contribution in [3.63, 3.8) is 0 Å². The van der Waals surface area contributed by atoms with Crippen LogP contribution in [0.4, 0.5) is 0 Å². The highest BCUT2D eigenvalue weighted by Gasteiger charge is 2.23. The molecule has 0 aliphatic carbocycles. The van der Waals surface area contributed by atoms with Crippen molar-refractivity contribution in [1.82, 2.24) is 0 Å². The van der Waals surface area contributed by atoms with Gasteiger partial charge in [0.05, 0.1) is 13.5 Å². The van der Waals surface area contributed by atoms with Gasteiger partial charge in [0.25, 0.3) is 0 Å².